The standard InChI is InChI=1S/C16H20N4O4S2/c1-10-16(11(2)24-18-10)14-5-6-15(25-14)26(21,22)19-12(9-23-4)13-7-8-17-20(13)3/h5-8,12,19H,9H2,1-4H3. The Balaban J connectivity index is 1.90. The fraction of sp³-hybridized carbons (Fsp3) is 0.375. The van der Waals surface area contributed by atoms with E-state index in [1.54, 1.807) is 43.0 Å². The van der Waals surface area contributed by atoms with E-state index in [1.165, 1.54) is 18.4 Å². The Hall–Kier alpha value is -2.01. The van der Waals surface area contributed by atoms with Crippen molar-refractivity contribution in [3.05, 3.63) is 41.5 Å². The average molecular weight is 396 g/mol. The average Bonchev–Trinajstić information content (AvgIpc) is 3.28. The summed E-state index contributed by atoms with van der Waals surface area (Å²) >= 11 is 1.17. The third kappa shape index (κ3) is 3.58. The first-order chi connectivity index (χ1) is 12.3. The van der Waals surface area contributed by atoms with E-state index in [-0.39, 0.29) is 10.8 Å². The van der Waals surface area contributed by atoms with E-state index in [0.29, 0.717) is 5.76 Å². The zero-order valence-corrected chi connectivity index (χ0v) is 16.5. The van der Waals surface area contributed by atoms with Gasteiger partial charge in [-0.1, -0.05) is 5.16 Å². The van der Waals surface area contributed by atoms with Gasteiger partial charge in [0.15, 0.2) is 0 Å². The molecule has 0 radical (unpaired) electrons. The van der Waals surface area contributed by atoms with E-state index in [4.69, 9.17) is 9.26 Å². The quantitative estimate of drug-likeness (QED) is 0.658. The molecule has 140 valence electrons. The first-order valence-electron chi connectivity index (χ1n) is 7.85. The Labute approximate surface area is 155 Å². The van der Waals surface area contributed by atoms with E-state index in [9.17, 15) is 8.42 Å². The number of methoxy groups -OCH3 is 1. The van der Waals surface area contributed by atoms with Crippen LogP contribution >= 0.6 is 11.3 Å². The van der Waals surface area contributed by atoms with Gasteiger partial charge >= 0.3 is 0 Å². The molecule has 1 atom stereocenters. The van der Waals surface area contributed by atoms with Crippen molar-refractivity contribution in [3.63, 3.8) is 0 Å². The van der Waals surface area contributed by atoms with Crippen molar-refractivity contribution >= 4 is 21.4 Å². The van der Waals surface area contributed by atoms with Crippen LogP contribution in [-0.4, -0.2) is 37.1 Å². The van der Waals surface area contributed by atoms with Crippen molar-refractivity contribution in [1.29, 1.82) is 0 Å². The minimum absolute atomic E-state index is 0.195. The molecule has 10 heteroatoms. The normalized spacial score (nSPS) is 13.2. The lowest BCUT2D eigenvalue weighted by molar-refractivity contribution is 0.172. The third-order valence-electron chi connectivity index (χ3n) is 3.97. The summed E-state index contributed by atoms with van der Waals surface area (Å²) in [6, 6.07) is 4.57. The summed E-state index contributed by atoms with van der Waals surface area (Å²) in [6.45, 7) is 3.83. The van der Waals surface area contributed by atoms with Crippen LogP contribution in [0.15, 0.2) is 33.1 Å². The van der Waals surface area contributed by atoms with Gasteiger partial charge in [0.2, 0.25) is 0 Å². The van der Waals surface area contributed by atoms with Crippen LogP contribution in [0, 0.1) is 13.8 Å². The fourth-order valence-electron chi connectivity index (χ4n) is 2.75. The highest BCUT2D eigenvalue weighted by atomic mass is 32.2. The van der Waals surface area contributed by atoms with Crippen molar-refractivity contribution < 1.29 is 17.7 Å². The van der Waals surface area contributed by atoms with Gasteiger partial charge in [-0.3, -0.25) is 4.68 Å². The number of rotatable bonds is 7. The summed E-state index contributed by atoms with van der Waals surface area (Å²) in [4.78, 5) is 0.797. The Morgan fingerprint density at radius 2 is 2.12 bits per heavy atom. The summed E-state index contributed by atoms with van der Waals surface area (Å²) < 4.78 is 40.6. The molecule has 0 aliphatic carbocycles. The van der Waals surface area contributed by atoms with Crippen molar-refractivity contribution in [3.8, 4) is 10.4 Å². The van der Waals surface area contributed by atoms with Crippen molar-refractivity contribution in [2.24, 2.45) is 7.05 Å². The number of sulfonamides is 1. The highest BCUT2D eigenvalue weighted by molar-refractivity contribution is 7.91. The molecule has 1 N–H and O–H groups in total. The van der Waals surface area contributed by atoms with E-state index < -0.39 is 16.1 Å². The predicted octanol–water partition coefficient (Wildman–Crippen LogP) is 2.42. The zero-order chi connectivity index (χ0) is 18.9. The number of nitrogens with one attached hydrogen (secondary N) is 1. The molecule has 0 saturated heterocycles. The van der Waals surface area contributed by atoms with Gasteiger partial charge in [-0.15, -0.1) is 11.3 Å². The molecule has 0 aliphatic heterocycles. The number of aromatic nitrogens is 3. The van der Waals surface area contributed by atoms with Gasteiger partial charge in [-0.25, -0.2) is 8.42 Å². The SMILES string of the molecule is COCC(NS(=O)(=O)c1ccc(-c2c(C)noc2C)s1)c1ccnn1C. The molecule has 0 bridgehead atoms. The van der Waals surface area contributed by atoms with Gasteiger partial charge in [0.1, 0.15) is 9.97 Å². The molecule has 0 aliphatic rings. The third-order valence-corrected chi connectivity index (χ3v) is 7.04. The maximum atomic E-state index is 12.9. The molecular weight excluding hydrogens is 376 g/mol. The number of hydrogen-bond donors (Lipinski definition) is 1. The van der Waals surface area contributed by atoms with Crippen molar-refractivity contribution in [2.45, 2.75) is 24.1 Å². The van der Waals surface area contributed by atoms with Crippen LogP contribution in [0.4, 0.5) is 0 Å². The summed E-state index contributed by atoms with van der Waals surface area (Å²) in [6.07, 6.45) is 1.62. The van der Waals surface area contributed by atoms with Crippen LogP contribution < -0.4 is 4.72 Å². The molecule has 3 aromatic heterocycles. The van der Waals surface area contributed by atoms with Crippen LogP contribution in [0.2, 0.25) is 0 Å². The first kappa shape index (κ1) is 18.8. The smallest absolute Gasteiger partial charge is 0.250 e. The van der Waals surface area contributed by atoms with E-state index in [2.05, 4.69) is 15.0 Å². The second-order valence-electron chi connectivity index (χ2n) is 5.83. The molecule has 3 aromatic rings. The monoisotopic (exact) mass is 396 g/mol. The van der Waals surface area contributed by atoms with Gasteiger partial charge in [0.05, 0.1) is 29.6 Å². The molecule has 0 saturated carbocycles. The molecule has 1 unspecified atom stereocenters. The number of thiophene rings is 1. The van der Waals surface area contributed by atoms with E-state index >= 15 is 0 Å². The van der Waals surface area contributed by atoms with E-state index in [1.807, 2.05) is 6.92 Å². The van der Waals surface area contributed by atoms with Crippen LogP contribution in [0.1, 0.15) is 23.2 Å². The van der Waals surface area contributed by atoms with Gasteiger partial charge in [0.25, 0.3) is 10.0 Å². The van der Waals surface area contributed by atoms with E-state index in [0.717, 1.165) is 21.8 Å². The minimum atomic E-state index is -3.72. The topological polar surface area (TPSA) is 99.2 Å². The van der Waals surface area contributed by atoms with Gasteiger partial charge in [-0.2, -0.15) is 9.82 Å². The highest BCUT2D eigenvalue weighted by Gasteiger charge is 2.26. The molecule has 3 rings (SSSR count). The fourth-order valence-corrected chi connectivity index (χ4v) is 5.41. The molecular formula is C16H20N4O4S2. The summed E-state index contributed by atoms with van der Waals surface area (Å²) in [5, 5.41) is 8.01. The molecule has 0 spiro atoms. The zero-order valence-electron chi connectivity index (χ0n) is 14.9. The molecule has 0 fully saturated rings. The Morgan fingerprint density at radius 3 is 2.69 bits per heavy atom. The van der Waals surface area contributed by atoms with Crippen LogP contribution in [0.25, 0.3) is 10.4 Å². The maximum absolute atomic E-state index is 12.9. The Morgan fingerprint density at radius 1 is 1.35 bits per heavy atom. The number of nitrogens with zero attached hydrogens (tertiary/aromatic N) is 3. The predicted molar refractivity (Wildman–Crippen MR) is 97.4 cm³/mol. The molecule has 0 amide bonds. The van der Waals surface area contributed by atoms with Gasteiger partial charge < -0.3 is 9.26 Å². The summed E-state index contributed by atoms with van der Waals surface area (Å²) in [5.41, 5.74) is 2.28. The van der Waals surface area contributed by atoms with Crippen molar-refractivity contribution in [1.82, 2.24) is 19.7 Å². The highest BCUT2D eigenvalue weighted by Crippen LogP contribution is 2.35. The second-order valence-corrected chi connectivity index (χ2v) is 8.85. The van der Waals surface area contributed by atoms with Gasteiger partial charge in [0, 0.05) is 25.2 Å². The van der Waals surface area contributed by atoms with Crippen LogP contribution in [-0.2, 0) is 21.8 Å². The lowest BCUT2D eigenvalue weighted by atomic mass is 10.2. The molecule has 8 nitrogen and oxygen atoms in total. The molecule has 26 heavy (non-hydrogen) atoms. The van der Waals surface area contributed by atoms with Crippen molar-refractivity contribution in [2.75, 3.05) is 13.7 Å². The minimum Gasteiger partial charge on any atom is -0.383 e. The largest absolute Gasteiger partial charge is 0.383 e. The summed E-state index contributed by atoms with van der Waals surface area (Å²) in [5.74, 6) is 0.661. The van der Waals surface area contributed by atoms with Crippen LogP contribution in [0.5, 0.6) is 0 Å². The Kier molecular flexibility index (Phi) is 5.28. The lowest BCUT2D eigenvalue weighted by Gasteiger charge is -2.17. The lowest BCUT2D eigenvalue weighted by Crippen LogP contribution is -2.32. The first-order valence-corrected chi connectivity index (χ1v) is 10.2. The number of aryl methyl sites for hydroxylation is 3. The number of hydrogen-bond acceptors (Lipinski definition) is 7. The maximum Gasteiger partial charge on any atom is 0.250 e. The molecule has 0 aromatic carbocycles. The summed E-state index contributed by atoms with van der Waals surface area (Å²) in [7, 11) is -0.441. The molecule has 3 heterocycles. The Bertz CT molecular complexity index is 984. The second kappa shape index (κ2) is 7.31. The van der Waals surface area contributed by atoms with Gasteiger partial charge in [-0.05, 0) is 32.0 Å². The number of ether oxygens (including phenoxy) is 1. The van der Waals surface area contributed by atoms with Crippen LogP contribution in [0.3, 0.4) is 0 Å².